The van der Waals surface area contributed by atoms with Crippen molar-refractivity contribution in [3.8, 4) is 0 Å². The van der Waals surface area contributed by atoms with Crippen LogP contribution in [0.1, 0.15) is 28.2 Å². The van der Waals surface area contributed by atoms with E-state index in [0.717, 1.165) is 31.7 Å². The first kappa shape index (κ1) is 14.6. The maximum Gasteiger partial charge on any atom is 0.0952 e. The second-order valence-electron chi connectivity index (χ2n) is 5.34. The second kappa shape index (κ2) is 7.08. The average molecular weight is 302 g/mol. The van der Waals surface area contributed by atoms with Gasteiger partial charge in [-0.1, -0.05) is 54.6 Å². The molecule has 3 rings (SSSR count). The van der Waals surface area contributed by atoms with E-state index >= 15 is 0 Å². The number of hydrogen-bond donors (Lipinski definition) is 1. The van der Waals surface area contributed by atoms with E-state index in [1.165, 1.54) is 11.1 Å². The van der Waals surface area contributed by atoms with Crippen molar-refractivity contribution in [1.82, 2.24) is 5.32 Å². The Hall–Kier alpha value is -1.35. The lowest BCUT2D eigenvalue weighted by molar-refractivity contribution is 0.0427. The Labute approximate surface area is 131 Å². The van der Waals surface area contributed by atoms with Crippen LogP contribution in [0.5, 0.6) is 0 Å². The summed E-state index contributed by atoms with van der Waals surface area (Å²) < 4.78 is 5.89. The zero-order chi connectivity index (χ0) is 14.5. The molecule has 1 aliphatic heterocycles. The number of ether oxygens (including phenoxy) is 1. The minimum absolute atomic E-state index is 0.00923. The van der Waals surface area contributed by atoms with Crippen molar-refractivity contribution in [1.29, 1.82) is 0 Å². The van der Waals surface area contributed by atoms with Crippen molar-refractivity contribution in [2.75, 3.05) is 19.7 Å². The maximum absolute atomic E-state index is 6.42. The van der Waals surface area contributed by atoms with Gasteiger partial charge in [0.1, 0.15) is 0 Å². The monoisotopic (exact) mass is 301 g/mol. The van der Waals surface area contributed by atoms with Gasteiger partial charge < -0.3 is 10.1 Å². The standard InChI is InChI=1S/C18H20ClNO/c19-17(15-7-2-1-3-8-15)12-20-13-18-16-9-5-4-6-14(16)10-11-21-18/h1-9,17-18,20H,10-13H2. The van der Waals surface area contributed by atoms with E-state index in [0.29, 0.717) is 0 Å². The molecule has 21 heavy (non-hydrogen) atoms. The van der Waals surface area contributed by atoms with Gasteiger partial charge in [-0.3, -0.25) is 0 Å². The summed E-state index contributed by atoms with van der Waals surface area (Å²) in [6.07, 6.45) is 1.14. The third-order valence-electron chi connectivity index (χ3n) is 3.91. The second-order valence-corrected chi connectivity index (χ2v) is 5.87. The van der Waals surface area contributed by atoms with E-state index in [1.54, 1.807) is 0 Å². The van der Waals surface area contributed by atoms with Crippen molar-refractivity contribution in [3.05, 3.63) is 71.3 Å². The number of alkyl halides is 1. The van der Waals surface area contributed by atoms with Gasteiger partial charge in [0.05, 0.1) is 18.1 Å². The molecule has 2 aromatic rings. The minimum Gasteiger partial charge on any atom is -0.372 e. The zero-order valence-corrected chi connectivity index (χ0v) is 12.7. The molecule has 0 aliphatic carbocycles. The van der Waals surface area contributed by atoms with Crippen molar-refractivity contribution >= 4 is 11.6 Å². The lowest BCUT2D eigenvalue weighted by atomic mass is 9.97. The fourth-order valence-corrected chi connectivity index (χ4v) is 3.02. The molecule has 1 N–H and O–H groups in total. The summed E-state index contributed by atoms with van der Waals surface area (Å²) in [6.45, 7) is 2.34. The molecule has 0 aromatic heterocycles. The minimum atomic E-state index is -0.00923. The predicted octanol–water partition coefficient (Wildman–Crippen LogP) is 3.87. The molecular formula is C18H20ClNO. The number of rotatable bonds is 5. The third-order valence-corrected chi connectivity index (χ3v) is 4.31. The molecule has 1 heterocycles. The fraction of sp³-hybridized carbons (Fsp3) is 0.333. The van der Waals surface area contributed by atoms with Crippen molar-refractivity contribution < 1.29 is 4.74 Å². The molecule has 2 nitrogen and oxygen atoms in total. The Balaban J connectivity index is 1.55. The van der Waals surface area contributed by atoms with Crippen LogP contribution >= 0.6 is 11.6 Å². The Bertz CT molecular complexity index is 572. The van der Waals surface area contributed by atoms with Crippen molar-refractivity contribution in [2.45, 2.75) is 17.9 Å². The summed E-state index contributed by atoms with van der Waals surface area (Å²) in [5.41, 5.74) is 3.86. The van der Waals surface area contributed by atoms with E-state index < -0.39 is 0 Å². The summed E-state index contributed by atoms with van der Waals surface area (Å²) >= 11 is 6.42. The smallest absolute Gasteiger partial charge is 0.0952 e. The average Bonchev–Trinajstić information content (AvgIpc) is 2.56. The molecule has 1 aliphatic rings. The Kier molecular flexibility index (Phi) is 4.91. The van der Waals surface area contributed by atoms with Crippen LogP contribution in [0.4, 0.5) is 0 Å². The number of hydrogen-bond acceptors (Lipinski definition) is 2. The van der Waals surface area contributed by atoms with Crippen molar-refractivity contribution in [3.63, 3.8) is 0 Å². The quantitative estimate of drug-likeness (QED) is 0.847. The molecule has 2 atom stereocenters. The van der Waals surface area contributed by atoms with E-state index in [2.05, 4.69) is 41.7 Å². The molecule has 0 amide bonds. The van der Waals surface area contributed by atoms with Gasteiger partial charge in [0.25, 0.3) is 0 Å². The highest BCUT2D eigenvalue weighted by molar-refractivity contribution is 6.21. The summed E-state index contributed by atoms with van der Waals surface area (Å²) in [6, 6.07) is 18.7. The van der Waals surface area contributed by atoms with E-state index in [4.69, 9.17) is 16.3 Å². The third kappa shape index (κ3) is 3.65. The number of benzene rings is 2. The highest BCUT2D eigenvalue weighted by Gasteiger charge is 2.20. The molecule has 0 saturated carbocycles. The normalized spacial score (nSPS) is 19.0. The summed E-state index contributed by atoms with van der Waals surface area (Å²) in [7, 11) is 0. The molecule has 0 spiro atoms. The van der Waals surface area contributed by atoms with Crippen LogP contribution in [0.3, 0.4) is 0 Å². The first-order valence-corrected chi connectivity index (χ1v) is 7.87. The SMILES string of the molecule is ClC(CNCC1OCCc2ccccc21)c1ccccc1. The molecule has 0 radical (unpaired) electrons. The van der Waals surface area contributed by atoms with Crippen LogP contribution in [0, 0.1) is 0 Å². The van der Waals surface area contributed by atoms with Gasteiger partial charge in [0.15, 0.2) is 0 Å². The van der Waals surface area contributed by atoms with E-state index in [9.17, 15) is 0 Å². The topological polar surface area (TPSA) is 21.3 Å². The van der Waals surface area contributed by atoms with Crippen LogP contribution in [0.15, 0.2) is 54.6 Å². The lowest BCUT2D eigenvalue weighted by Gasteiger charge is -2.26. The van der Waals surface area contributed by atoms with Gasteiger partial charge in [0, 0.05) is 13.1 Å². The largest absolute Gasteiger partial charge is 0.372 e. The van der Waals surface area contributed by atoms with Gasteiger partial charge in [-0.15, -0.1) is 11.6 Å². The number of nitrogens with one attached hydrogen (secondary N) is 1. The van der Waals surface area contributed by atoms with E-state index in [-0.39, 0.29) is 11.5 Å². The highest BCUT2D eigenvalue weighted by atomic mass is 35.5. The molecule has 0 bridgehead atoms. The lowest BCUT2D eigenvalue weighted by Crippen LogP contribution is -2.29. The van der Waals surface area contributed by atoms with Gasteiger partial charge in [-0.2, -0.15) is 0 Å². The summed E-state index contributed by atoms with van der Waals surface area (Å²) in [4.78, 5) is 0. The Morgan fingerprint density at radius 3 is 2.71 bits per heavy atom. The van der Waals surface area contributed by atoms with Crippen LogP contribution < -0.4 is 5.32 Å². The number of fused-ring (bicyclic) bond motifs is 1. The van der Waals surface area contributed by atoms with Gasteiger partial charge in [0.2, 0.25) is 0 Å². The summed E-state index contributed by atoms with van der Waals surface area (Å²) in [5.74, 6) is 0. The van der Waals surface area contributed by atoms with Crippen molar-refractivity contribution in [2.24, 2.45) is 0 Å². The first-order valence-electron chi connectivity index (χ1n) is 7.44. The van der Waals surface area contributed by atoms with Gasteiger partial charge in [-0.25, -0.2) is 0 Å². The van der Waals surface area contributed by atoms with Crippen LogP contribution in [-0.4, -0.2) is 19.7 Å². The molecular weight excluding hydrogens is 282 g/mol. The first-order chi connectivity index (χ1) is 10.3. The molecule has 3 heteroatoms. The van der Waals surface area contributed by atoms with E-state index in [1.807, 2.05) is 18.2 Å². The van der Waals surface area contributed by atoms with Gasteiger partial charge in [-0.05, 0) is 23.1 Å². The van der Waals surface area contributed by atoms with Crippen LogP contribution in [0.2, 0.25) is 0 Å². The van der Waals surface area contributed by atoms with Crippen LogP contribution in [-0.2, 0) is 11.2 Å². The molecule has 2 aromatic carbocycles. The molecule has 0 fully saturated rings. The predicted molar refractivity (Wildman–Crippen MR) is 86.7 cm³/mol. The Morgan fingerprint density at radius 1 is 1.10 bits per heavy atom. The highest BCUT2D eigenvalue weighted by Crippen LogP contribution is 2.26. The fourth-order valence-electron chi connectivity index (χ4n) is 2.77. The Morgan fingerprint density at radius 2 is 1.86 bits per heavy atom. The molecule has 0 saturated heterocycles. The number of halogens is 1. The molecule has 110 valence electrons. The summed E-state index contributed by atoms with van der Waals surface area (Å²) in [5, 5.41) is 3.43. The maximum atomic E-state index is 6.42. The van der Waals surface area contributed by atoms with Gasteiger partial charge >= 0.3 is 0 Å². The van der Waals surface area contributed by atoms with Crippen LogP contribution in [0.25, 0.3) is 0 Å². The zero-order valence-electron chi connectivity index (χ0n) is 12.0. The molecule has 2 unspecified atom stereocenters.